The largest absolute Gasteiger partial charge is 0.344 e. The van der Waals surface area contributed by atoms with Crippen molar-refractivity contribution >= 4 is 6.03 Å². The molecule has 20 heavy (non-hydrogen) atoms. The summed E-state index contributed by atoms with van der Waals surface area (Å²) >= 11 is 0. The van der Waals surface area contributed by atoms with Crippen molar-refractivity contribution < 1.29 is 9.63 Å². The molecule has 3 heterocycles. The minimum Gasteiger partial charge on any atom is -0.323 e. The van der Waals surface area contributed by atoms with Gasteiger partial charge in [0.15, 0.2) is 0 Å². The van der Waals surface area contributed by atoms with Gasteiger partial charge >= 0.3 is 6.03 Å². The number of fused-ring (bicyclic) bond motifs is 3. The van der Waals surface area contributed by atoms with E-state index in [1.807, 2.05) is 35.2 Å². The summed E-state index contributed by atoms with van der Waals surface area (Å²) in [6.07, 6.45) is 4.71. The summed E-state index contributed by atoms with van der Waals surface area (Å²) in [5.74, 6) is 0. The monoisotopic (exact) mass is 272 g/mol. The fraction of sp³-hybridized carbons (Fsp3) is 0.562. The van der Waals surface area contributed by atoms with Gasteiger partial charge in [0.1, 0.15) is 6.61 Å². The molecule has 1 spiro atoms. The van der Waals surface area contributed by atoms with E-state index in [4.69, 9.17) is 4.84 Å². The minimum absolute atomic E-state index is 0.0703. The molecule has 4 heteroatoms. The highest BCUT2D eigenvalue weighted by Crippen LogP contribution is 2.57. The van der Waals surface area contributed by atoms with Crippen LogP contribution in [-0.2, 0) is 11.4 Å². The van der Waals surface area contributed by atoms with Crippen LogP contribution in [-0.4, -0.2) is 35.1 Å². The topological polar surface area (TPSA) is 32.8 Å². The molecule has 4 fully saturated rings. The smallest absolute Gasteiger partial charge is 0.323 e. The van der Waals surface area contributed by atoms with Crippen molar-refractivity contribution in [1.82, 2.24) is 9.96 Å². The Kier molecular flexibility index (Phi) is 2.74. The summed E-state index contributed by atoms with van der Waals surface area (Å²) in [6.45, 7) is 2.28. The summed E-state index contributed by atoms with van der Waals surface area (Å²) in [6, 6.07) is 10.4. The van der Waals surface area contributed by atoms with E-state index in [2.05, 4.69) is 0 Å². The summed E-state index contributed by atoms with van der Waals surface area (Å²) < 4.78 is 0. The Labute approximate surface area is 119 Å². The van der Waals surface area contributed by atoms with Crippen molar-refractivity contribution in [3.63, 3.8) is 0 Å². The van der Waals surface area contributed by atoms with Crippen LogP contribution in [0, 0.1) is 5.41 Å². The number of amides is 2. The number of benzene rings is 1. The van der Waals surface area contributed by atoms with E-state index < -0.39 is 0 Å². The Bertz CT molecular complexity index is 512. The number of rotatable bonds is 3. The van der Waals surface area contributed by atoms with Gasteiger partial charge in [0.05, 0.1) is 6.04 Å². The SMILES string of the molecule is O=C1N2CC[C@H](N1OCc1ccccc1)C1(CC2)CC1. The second-order valence-corrected chi connectivity index (χ2v) is 6.27. The average molecular weight is 272 g/mol. The summed E-state index contributed by atoms with van der Waals surface area (Å²) in [5, 5.41) is 1.69. The standard InChI is InChI=1S/C16H20N2O2/c19-15-17-10-6-14(16(7-8-16)9-11-17)18(15)20-12-13-4-2-1-3-5-13/h1-5,14H,6-12H2/t14-/m0/s1. The first-order valence-electron chi connectivity index (χ1n) is 7.54. The molecule has 2 amide bonds. The van der Waals surface area contributed by atoms with Crippen molar-refractivity contribution in [3.8, 4) is 0 Å². The van der Waals surface area contributed by atoms with E-state index in [1.54, 1.807) is 5.06 Å². The van der Waals surface area contributed by atoms with Crippen LogP contribution in [0.15, 0.2) is 30.3 Å². The lowest BCUT2D eigenvalue weighted by atomic mass is 9.91. The van der Waals surface area contributed by atoms with Gasteiger partial charge < -0.3 is 4.90 Å². The zero-order valence-corrected chi connectivity index (χ0v) is 11.6. The molecule has 4 nitrogen and oxygen atoms in total. The van der Waals surface area contributed by atoms with Crippen LogP contribution >= 0.6 is 0 Å². The molecule has 4 aliphatic rings. The van der Waals surface area contributed by atoms with E-state index >= 15 is 0 Å². The quantitative estimate of drug-likeness (QED) is 0.847. The summed E-state index contributed by atoms with van der Waals surface area (Å²) in [5.41, 5.74) is 1.47. The van der Waals surface area contributed by atoms with E-state index in [9.17, 15) is 4.79 Å². The Morgan fingerprint density at radius 2 is 1.95 bits per heavy atom. The van der Waals surface area contributed by atoms with E-state index in [0.717, 1.165) is 31.5 Å². The second-order valence-electron chi connectivity index (χ2n) is 6.27. The normalized spacial score (nSPS) is 27.0. The Hall–Kier alpha value is -1.55. The van der Waals surface area contributed by atoms with Crippen LogP contribution in [0.25, 0.3) is 0 Å². The molecule has 3 saturated heterocycles. The average Bonchev–Trinajstić information content (AvgIpc) is 3.29. The van der Waals surface area contributed by atoms with Crippen molar-refractivity contribution in [1.29, 1.82) is 0 Å². The molecule has 1 atom stereocenters. The van der Waals surface area contributed by atoms with Gasteiger partial charge in [-0.3, -0.25) is 4.84 Å². The van der Waals surface area contributed by atoms with Crippen LogP contribution in [0.2, 0.25) is 0 Å². The highest BCUT2D eigenvalue weighted by molar-refractivity contribution is 5.75. The molecule has 3 aliphatic heterocycles. The lowest BCUT2D eigenvalue weighted by molar-refractivity contribution is -0.180. The molecule has 1 saturated carbocycles. The Morgan fingerprint density at radius 1 is 1.15 bits per heavy atom. The number of nitrogens with zero attached hydrogens (tertiary/aromatic N) is 2. The van der Waals surface area contributed by atoms with E-state index in [0.29, 0.717) is 12.0 Å². The molecular formula is C16H20N2O2. The van der Waals surface area contributed by atoms with Crippen LogP contribution in [0.4, 0.5) is 4.79 Å². The van der Waals surface area contributed by atoms with Gasteiger partial charge in [-0.25, -0.2) is 4.79 Å². The second kappa shape index (κ2) is 4.48. The molecule has 0 aromatic heterocycles. The van der Waals surface area contributed by atoms with Gasteiger partial charge in [0, 0.05) is 13.1 Å². The highest BCUT2D eigenvalue weighted by Gasteiger charge is 2.57. The fourth-order valence-corrected chi connectivity index (χ4v) is 3.66. The van der Waals surface area contributed by atoms with Gasteiger partial charge in [-0.2, -0.15) is 5.06 Å². The molecule has 106 valence electrons. The molecule has 0 N–H and O–H groups in total. The molecule has 1 aromatic carbocycles. The summed E-state index contributed by atoms with van der Waals surface area (Å²) in [7, 11) is 0. The van der Waals surface area contributed by atoms with Crippen molar-refractivity contribution in [3.05, 3.63) is 35.9 Å². The summed E-state index contributed by atoms with van der Waals surface area (Å²) in [4.78, 5) is 20.3. The van der Waals surface area contributed by atoms with Gasteiger partial charge in [-0.05, 0) is 36.7 Å². The van der Waals surface area contributed by atoms with Crippen LogP contribution in [0.5, 0.6) is 0 Å². The van der Waals surface area contributed by atoms with Gasteiger partial charge in [-0.15, -0.1) is 0 Å². The third kappa shape index (κ3) is 1.90. The highest BCUT2D eigenvalue weighted by atomic mass is 16.7. The predicted octanol–water partition coefficient (Wildman–Crippen LogP) is 2.80. The number of hydrogen-bond acceptors (Lipinski definition) is 2. The third-order valence-electron chi connectivity index (χ3n) is 5.11. The zero-order chi connectivity index (χ0) is 13.6. The van der Waals surface area contributed by atoms with Crippen LogP contribution < -0.4 is 0 Å². The molecule has 0 unspecified atom stereocenters. The maximum absolute atomic E-state index is 12.5. The number of carbonyl (C=O) groups excluding carboxylic acids is 1. The maximum atomic E-state index is 12.5. The van der Waals surface area contributed by atoms with Gasteiger partial charge in [-0.1, -0.05) is 30.3 Å². The van der Waals surface area contributed by atoms with Gasteiger partial charge in [0.2, 0.25) is 0 Å². The van der Waals surface area contributed by atoms with Crippen molar-refractivity contribution in [2.75, 3.05) is 13.1 Å². The Morgan fingerprint density at radius 3 is 2.70 bits per heavy atom. The first-order valence-corrected chi connectivity index (χ1v) is 7.54. The van der Waals surface area contributed by atoms with Crippen molar-refractivity contribution in [2.45, 2.75) is 38.3 Å². The molecule has 1 aromatic rings. The number of urea groups is 1. The van der Waals surface area contributed by atoms with Crippen LogP contribution in [0.1, 0.15) is 31.2 Å². The Balaban J connectivity index is 1.52. The van der Waals surface area contributed by atoms with Crippen molar-refractivity contribution in [2.24, 2.45) is 5.41 Å². The molecule has 1 aliphatic carbocycles. The fourth-order valence-electron chi connectivity index (χ4n) is 3.66. The van der Waals surface area contributed by atoms with E-state index in [1.165, 1.54) is 12.8 Å². The van der Waals surface area contributed by atoms with E-state index in [-0.39, 0.29) is 12.1 Å². The first kappa shape index (κ1) is 12.2. The molecular weight excluding hydrogens is 252 g/mol. The maximum Gasteiger partial charge on any atom is 0.344 e. The predicted molar refractivity (Wildman–Crippen MR) is 74.7 cm³/mol. The van der Waals surface area contributed by atoms with Gasteiger partial charge in [0.25, 0.3) is 0 Å². The van der Waals surface area contributed by atoms with Crippen LogP contribution in [0.3, 0.4) is 0 Å². The lowest BCUT2D eigenvalue weighted by Gasteiger charge is -2.39. The third-order valence-corrected chi connectivity index (χ3v) is 5.11. The molecule has 0 radical (unpaired) electrons. The first-order chi connectivity index (χ1) is 9.78. The molecule has 2 bridgehead atoms. The number of carbonyl (C=O) groups is 1. The lowest BCUT2D eigenvalue weighted by Crippen LogP contribution is -2.53. The molecule has 5 rings (SSSR count). The number of hydrogen-bond donors (Lipinski definition) is 0. The number of hydroxylamine groups is 2. The zero-order valence-electron chi connectivity index (χ0n) is 11.6. The minimum atomic E-state index is 0.0703.